The number of rotatable bonds is 2. The molecular formula is C15H20N4. The lowest BCUT2D eigenvalue weighted by atomic mass is 10.1. The van der Waals surface area contributed by atoms with Crippen LogP contribution in [0.5, 0.6) is 0 Å². The van der Waals surface area contributed by atoms with Gasteiger partial charge >= 0.3 is 0 Å². The van der Waals surface area contributed by atoms with Crippen molar-refractivity contribution < 1.29 is 0 Å². The first kappa shape index (κ1) is 12.2. The van der Waals surface area contributed by atoms with Crippen LogP contribution in [0, 0.1) is 0 Å². The largest absolute Gasteiger partial charge is 0.368 e. The van der Waals surface area contributed by atoms with Crippen molar-refractivity contribution in [2.24, 2.45) is 0 Å². The van der Waals surface area contributed by atoms with E-state index >= 15 is 0 Å². The monoisotopic (exact) mass is 256 g/mol. The number of nitrogens with two attached hydrogens (primary N) is 1. The summed E-state index contributed by atoms with van der Waals surface area (Å²) in [4.78, 5) is 8.66. The van der Waals surface area contributed by atoms with Gasteiger partial charge in [0.25, 0.3) is 0 Å². The van der Waals surface area contributed by atoms with Gasteiger partial charge in [-0.25, -0.2) is 4.98 Å². The molecular weight excluding hydrogens is 236 g/mol. The van der Waals surface area contributed by atoms with Crippen molar-refractivity contribution in [3.05, 3.63) is 24.3 Å². The zero-order valence-electron chi connectivity index (χ0n) is 11.1. The molecule has 0 radical (unpaired) electrons. The second-order valence-electron chi connectivity index (χ2n) is 5.28. The number of aromatic nitrogens is 2. The Labute approximate surface area is 113 Å². The molecule has 0 unspecified atom stereocenters. The molecule has 3 N–H and O–H groups in total. The van der Waals surface area contributed by atoms with E-state index < -0.39 is 0 Å². The van der Waals surface area contributed by atoms with Gasteiger partial charge in [-0.2, -0.15) is 4.98 Å². The molecule has 0 bridgehead atoms. The average Bonchev–Trinajstić information content (AvgIpc) is 2.67. The fourth-order valence-electron chi connectivity index (χ4n) is 2.82. The maximum Gasteiger partial charge on any atom is 0.222 e. The Hall–Kier alpha value is -1.84. The third kappa shape index (κ3) is 2.78. The van der Waals surface area contributed by atoms with Crippen molar-refractivity contribution in [1.29, 1.82) is 0 Å². The Kier molecular flexibility index (Phi) is 3.49. The van der Waals surface area contributed by atoms with Gasteiger partial charge in [0, 0.05) is 11.4 Å². The number of nitrogens with one attached hydrogen (secondary N) is 1. The number of fused-ring (bicyclic) bond motifs is 1. The molecule has 0 atom stereocenters. The minimum atomic E-state index is 0.342. The highest BCUT2D eigenvalue weighted by atomic mass is 15.1. The molecule has 2 aromatic rings. The molecule has 0 saturated heterocycles. The van der Waals surface area contributed by atoms with Crippen molar-refractivity contribution in [2.75, 3.05) is 11.1 Å². The van der Waals surface area contributed by atoms with E-state index in [0.29, 0.717) is 12.0 Å². The van der Waals surface area contributed by atoms with Crippen LogP contribution >= 0.6 is 0 Å². The molecule has 1 fully saturated rings. The van der Waals surface area contributed by atoms with E-state index in [0.717, 1.165) is 16.7 Å². The lowest BCUT2D eigenvalue weighted by molar-refractivity contribution is 0.618. The lowest BCUT2D eigenvalue weighted by Gasteiger charge is -2.18. The lowest BCUT2D eigenvalue weighted by Crippen LogP contribution is -2.19. The predicted molar refractivity (Wildman–Crippen MR) is 79.1 cm³/mol. The Morgan fingerprint density at radius 2 is 1.74 bits per heavy atom. The van der Waals surface area contributed by atoms with Crippen molar-refractivity contribution in [1.82, 2.24) is 9.97 Å². The van der Waals surface area contributed by atoms with Gasteiger partial charge in [-0.3, -0.25) is 0 Å². The van der Waals surface area contributed by atoms with Crippen LogP contribution in [0.3, 0.4) is 0 Å². The van der Waals surface area contributed by atoms with Gasteiger partial charge in [-0.05, 0) is 25.0 Å². The highest BCUT2D eigenvalue weighted by Crippen LogP contribution is 2.25. The maximum atomic E-state index is 5.80. The fraction of sp³-hybridized carbons (Fsp3) is 0.467. The van der Waals surface area contributed by atoms with Gasteiger partial charge in [0.15, 0.2) is 0 Å². The maximum absolute atomic E-state index is 5.80. The van der Waals surface area contributed by atoms with Crippen LogP contribution in [0.1, 0.15) is 38.5 Å². The highest BCUT2D eigenvalue weighted by Gasteiger charge is 2.14. The third-order valence-electron chi connectivity index (χ3n) is 3.82. The smallest absolute Gasteiger partial charge is 0.222 e. The first-order valence-corrected chi connectivity index (χ1v) is 7.12. The summed E-state index contributed by atoms with van der Waals surface area (Å²) in [6.45, 7) is 0. The molecule has 0 amide bonds. The molecule has 4 heteroatoms. The number of nitrogen functional groups attached to an aromatic ring is 1. The van der Waals surface area contributed by atoms with Gasteiger partial charge in [-0.15, -0.1) is 0 Å². The quantitative estimate of drug-likeness (QED) is 0.809. The minimum Gasteiger partial charge on any atom is -0.368 e. The van der Waals surface area contributed by atoms with Crippen LogP contribution in [0.4, 0.5) is 11.8 Å². The average molecular weight is 256 g/mol. The van der Waals surface area contributed by atoms with Crippen LogP contribution in [0.25, 0.3) is 10.9 Å². The topological polar surface area (TPSA) is 63.8 Å². The molecule has 1 aliphatic carbocycles. The molecule has 1 aromatic heterocycles. The van der Waals surface area contributed by atoms with Crippen LogP contribution in [-0.4, -0.2) is 16.0 Å². The van der Waals surface area contributed by atoms with Gasteiger partial charge in [0.1, 0.15) is 5.82 Å². The van der Waals surface area contributed by atoms with E-state index in [1.807, 2.05) is 24.3 Å². The molecule has 1 aliphatic rings. The molecule has 4 nitrogen and oxygen atoms in total. The highest BCUT2D eigenvalue weighted by molar-refractivity contribution is 5.89. The summed E-state index contributed by atoms with van der Waals surface area (Å²) < 4.78 is 0. The van der Waals surface area contributed by atoms with Crippen LogP contribution in [-0.2, 0) is 0 Å². The second kappa shape index (κ2) is 5.43. The van der Waals surface area contributed by atoms with E-state index in [1.54, 1.807) is 0 Å². The summed E-state index contributed by atoms with van der Waals surface area (Å²) in [6.07, 6.45) is 7.75. The summed E-state index contributed by atoms with van der Waals surface area (Å²) in [5, 5.41) is 4.63. The second-order valence-corrected chi connectivity index (χ2v) is 5.28. The molecule has 0 aliphatic heterocycles. The number of para-hydroxylation sites is 1. The van der Waals surface area contributed by atoms with Crippen LogP contribution in [0.15, 0.2) is 24.3 Å². The van der Waals surface area contributed by atoms with Crippen molar-refractivity contribution >= 4 is 22.7 Å². The zero-order valence-corrected chi connectivity index (χ0v) is 11.1. The van der Waals surface area contributed by atoms with Crippen molar-refractivity contribution in [3.8, 4) is 0 Å². The van der Waals surface area contributed by atoms with E-state index in [-0.39, 0.29) is 0 Å². The first-order valence-electron chi connectivity index (χ1n) is 7.12. The Bertz CT molecular complexity index is 559. The van der Waals surface area contributed by atoms with Gasteiger partial charge in [0.05, 0.1) is 5.52 Å². The van der Waals surface area contributed by atoms with Gasteiger partial charge < -0.3 is 11.1 Å². The first-order chi connectivity index (χ1) is 9.33. The van der Waals surface area contributed by atoms with E-state index in [1.165, 1.54) is 38.5 Å². The van der Waals surface area contributed by atoms with Crippen molar-refractivity contribution in [3.63, 3.8) is 0 Å². The minimum absolute atomic E-state index is 0.342. The van der Waals surface area contributed by atoms with E-state index in [2.05, 4.69) is 15.3 Å². The summed E-state index contributed by atoms with van der Waals surface area (Å²) >= 11 is 0. The zero-order chi connectivity index (χ0) is 13.1. The summed E-state index contributed by atoms with van der Waals surface area (Å²) in [5.41, 5.74) is 6.71. The number of hydrogen-bond donors (Lipinski definition) is 2. The standard InChI is InChI=1S/C15H20N4/c16-15-18-13-10-6-5-9-12(13)14(19-15)17-11-7-3-1-2-4-8-11/h5-6,9-11H,1-4,7-8H2,(H3,16,17,18,19). The van der Waals surface area contributed by atoms with E-state index in [9.17, 15) is 0 Å². The molecule has 1 saturated carbocycles. The Balaban J connectivity index is 1.90. The molecule has 0 spiro atoms. The summed E-state index contributed by atoms with van der Waals surface area (Å²) in [5.74, 6) is 1.23. The number of anilines is 2. The molecule has 1 heterocycles. The Morgan fingerprint density at radius 1 is 1.00 bits per heavy atom. The number of hydrogen-bond acceptors (Lipinski definition) is 4. The normalized spacial score (nSPS) is 17.3. The van der Waals surface area contributed by atoms with E-state index in [4.69, 9.17) is 5.73 Å². The third-order valence-corrected chi connectivity index (χ3v) is 3.82. The molecule has 100 valence electrons. The van der Waals surface area contributed by atoms with Crippen LogP contribution in [0.2, 0.25) is 0 Å². The molecule has 1 aromatic carbocycles. The van der Waals surface area contributed by atoms with Gasteiger partial charge in [0.2, 0.25) is 5.95 Å². The Morgan fingerprint density at radius 3 is 2.53 bits per heavy atom. The molecule has 3 rings (SSSR count). The number of nitrogens with zero attached hydrogens (tertiary/aromatic N) is 2. The summed E-state index contributed by atoms with van der Waals surface area (Å²) in [6, 6.07) is 8.53. The van der Waals surface area contributed by atoms with Crippen molar-refractivity contribution in [2.45, 2.75) is 44.6 Å². The fourth-order valence-corrected chi connectivity index (χ4v) is 2.82. The predicted octanol–water partition coefficient (Wildman–Crippen LogP) is 3.35. The number of benzene rings is 1. The van der Waals surface area contributed by atoms with Crippen LogP contribution < -0.4 is 11.1 Å². The molecule has 19 heavy (non-hydrogen) atoms. The summed E-state index contributed by atoms with van der Waals surface area (Å²) in [7, 11) is 0. The SMILES string of the molecule is Nc1nc(NC2CCCCCC2)c2ccccc2n1. The van der Waals surface area contributed by atoms with Gasteiger partial charge in [-0.1, -0.05) is 37.8 Å².